The van der Waals surface area contributed by atoms with E-state index < -0.39 is 16.6 Å². The van der Waals surface area contributed by atoms with Crippen molar-refractivity contribution in [2.45, 2.75) is 11.5 Å². The summed E-state index contributed by atoms with van der Waals surface area (Å²) in [5.74, 6) is 0. The van der Waals surface area contributed by atoms with E-state index in [1.54, 1.807) is 0 Å². The van der Waals surface area contributed by atoms with Gasteiger partial charge in [0.1, 0.15) is 4.90 Å². The Labute approximate surface area is 129 Å². The standard InChI is InChI=1S/C13H15Cl2NO3S/c1-3-5-16(6-4-2)20(18,19)12-8-11(14)7-10(9-17)13(12)15/h3-4,7-8,17H,1-2,5-6,9H2. The Morgan fingerprint density at radius 3 is 2.20 bits per heavy atom. The number of hydrogen-bond acceptors (Lipinski definition) is 3. The van der Waals surface area contributed by atoms with Crippen LogP contribution in [0.2, 0.25) is 10.0 Å². The van der Waals surface area contributed by atoms with E-state index in [0.717, 1.165) is 4.31 Å². The van der Waals surface area contributed by atoms with E-state index in [2.05, 4.69) is 13.2 Å². The lowest BCUT2D eigenvalue weighted by Crippen LogP contribution is -2.31. The first-order valence-electron chi connectivity index (χ1n) is 5.69. The molecule has 0 aliphatic heterocycles. The Morgan fingerprint density at radius 1 is 1.20 bits per heavy atom. The summed E-state index contributed by atoms with van der Waals surface area (Å²) in [7, 11) is -3.85. The maximum atomic E-state index is 12.6. The van der Waals surface area contributed by atoms with E-state index >= 15 is 0 Å². The van der Waals surface area contributed by atoms with Crippen LogP contribution in [-0.4, -0.2) is 30.9 Å². The minimum atomic E-state index is -3.85. The van der Waals surface area contributed by atoms with E-state index in [1.807, 2.05) is 0 Å². The zero-order valence-corrected chi connectivity index (χ0v) is 13.0. The van der Waals surface area contributed by atoms with Gasteiger partial charge in [-0.15, -0.1) is 13.2 Å². The summed E-state index contributed by atoms with van der Waals surface area (Å²) >= 11 is 11.9. The minimum Gasteiger partial charge on any atom is -0.392 e. The van der Waals surface area contributed by atoms with Crippen LogP contribution in [0.4, 0.5) is 0 Å². The third kappa shape index (κ3) is 3.62. The Balaban J connectivity index is 3.43. The molecule has 0 saturated heterocycles. The number of aliphatic hydroxyl groups excluding tert-OH is 1. The van der Waals surface area contributed by atoms with Crippen LogP contribution in [0.15, 0.2) is 42.3 Å². The van der Waals surface area contributed by atoms with Gasteiger partial charge in [-0.05, 0) is 17.7 Å². The van der Waals surface area contributed by atoms with Crippen LogP contribution in [0.3, 0.4) is 0 Å². The summed E-state index contributed by atoms with van der Waals surface area (Å²) in [6, 6.07) is 2.69. The molecule has 0 bridgehead atoms. The number of halogens is 2. The highest BCUT2D eigenvalue weighted by atomic mass is 35.5. The van der Waals surface area contributed by atoms with Crippen LogP contribution in [0.1, 0.15) is 5.56 Å². The average molecular weight is 336 g/mol. The molecule has 1 N–H and O–H groups in total. The number of hydrogen-bond donors (Lipinski definition) is 1. The molecule has 7 heteroatoms. The average Bonchev–Trinajstić information content (AvgIpc) is 2.40. The summed E-state index contributed by atoms with van der Waals surface area (Å²) in [4.78, 5) is -0.139. The van der Waals surface area contributed by atoms with Crippen molar-refractivity contribution in [2.24, 2.45) is 0 Å². The molecule has 0 unspecified atom stereocenters. The highest BCUT2D eigenvalue weighted by Crippen LogP contribution is 2.31. The minimum absolute atomic E-state index is 0.0324. The summed E-state index contributed by atoms with van der Waals surface area (Å²) in [6.07, 6.45) is 2.93. The van der Waals surface area contributed by atoms with Gasteiger partial charge in [0.15, 0.2) is 0 Å². The van der Waals surface area contributed by atoms with Gasteiger partial charge in [-0.1, -0.05) is 35.4 Å². The highest BCUT2D eigenvalue weighted by molar-refractivity contribution is 7.89. The maximum Gasteiger partial charge on any atom is 0.245 e. The lowest BCUT2D eigenvalue weighted by molar-refractivity contribution is 0.281. The predicted molar refractivity (Wildman–Crippen MR) is 81.5 cm³/mol. The predicted octanol–water partition coefficient (Wildman–Crippen LogP) is 2.85. The summed E-state index contributed by atoms with van der Waals surface area (Å²) in [5.41, 5.74) is 0.259. The van der Waals surface area contributed by atoms with Crippen LogP contribution in [0.25, 0.3) is 0 Å². The van der Waals surface area contributed by atoms with Crippen molar-refractivity contribution in [3.8, 4) is 0 Å². The van der Waals surface area contributed by atoms with Crippen molar-refractivity contribution in [1.29, 1.82) is 0 Å². The Bertz CT molecular complexity index is 604. The molecule has 0 aliphatic carbocycles. The van der Waals surface area contributed by atoms with Gasteiger partial charge in [0, 0.05) is 18.1 Å². The second-order valence-electron chi connectivity index (χ2n) is 3.93. The molecule has 4 nitrogen and oxygen atoms in total. The second kappa shape index (κ2) is 7.24. The van der Waals surface area contributed by atoms with Crippen LogP contribution in [0, 0.1) is 0 Å². The fraction of sp³-hybridized carbons (Fsp3) is 0.231. The van der Waals surface area contributed by atoms with Gasteiger partial charge in [-0.2, -0.15) is 4.31 Å². The van der Waals surface area contributed by atoms with Crippen LogP contribution < -0.4 is 0 Å². The highest BCUT2D eigenvalue weighted by Gasteiger charge is 2.26. The monoisotopic (exact) mass is 335 g/mol. The molecule has 0 aromatic heterocycles. The molecule has 1 aromatic carbocycles. The van der Waals surface area contributed by atoms with Crippen LogP contribution in [-0.2, 0) is 16.6 Å². The van der Waals surface area contributed by atoms with Gasteiger partial charge < -0.3 is 5.11 Å². The van der Waals surface area contributed by atoms with E-state index in [0.29, 0.717) is 0 Å². The smallest absolute Gasteiger partial charge is 0.245 e. The topological polar surface area (TPSA) is 57.6 Å². The zero-order chi connectivity index (χ0) is 15.3. The number of aliphatic hydroxyl groups is 1. The fourth-order valence-electron chi connectivity index (χ4n) is 1.62. The molecular weight excluding hydrogens is 321 g/mol. The lowest BCUT2D eigenvalue weighted by Gasteiger charge is -2.20. The fourth-order valence-corrected chi connectivity index (χ4v) is 3.90. The summed E-state index contributed by atoms with van der Waals surface area (Å²) in [6.45, 7) is 6.88. The lowest BCUT2D eigenvalue weighted by atomic mass is 10.2. The third-order valence-electron chi connectivity index (χ3n) is 2.53. The zero-order valence-electron chi connectivity index (χ0n) is 10.7. The SMILES string of the molecule is C=CCN(CC=C)S(=O)(=O)c1cc(Cl)cc(CO)c1Cl. The third-order valence-corrected chi connectivity index (χ3v) is 5.17. The van der Waals surface area contributed by atoms with E-state index in [-0.39, 0.29) is 33.6 Å². The molecule has 0 amide bonds. The maximum absolute atomic E-state index is 12.6. The molecule has 0 spiro atoms. The van der Waals surface area contributed by atoms with Crippen LogP contribution >= 0.6 is 23.2 Å². The molecule has 0 atom stereocenters. The summed E-state index contributed by atoms with van der Waals surface area (Å²) < 4.78 is 26.3. The number of rotatable bonds is 7. The first-order valence-corrected chi connectivity index (χ1v) is 7.88. The van der Waals surface area contributed by atoms with Gasteiger partial charge in [0.2, 0.25) is 10.0 Å². The van der Waals surface area contributed by atoms with Crippen molar-refractivity contribution in [2.75, 3.05) is 13.1 Å². The molecule has 0 saturated carbocycles. The van der Waals surface area contributed by atoms with Crippen molar-refractivity contribution >= 4 is 33.2 Å². The van der Waals surface area contributed by atoms with Gasteiger partial charge in [-0.3, -0.25) is 0 Å². The van der Waals surface area contributed by atoms with E-state index in [9.17, 15) is 13.5 Å². The van der Waals surface area contributed by atoms with Crippen molar-refractivity contribution in [3.63, 3.8) is 0 Å². The summed E-state index contributed by atoms with van der Waals surface area (Å²) in [5, 5.41) is 9.35. The Hall–Kier alpha value is -0.850. The number of benzene rings is 1. The van der Waals surface area contributed by atoms with Gasteiger partial charge in [0.25, 0.3) is 0 Å². The molecule has 1 rings (SSSR count). The van der Waals surface area contributed by atoms with Gasteiger partial charge >= 0.3 is 0 Å². The largest absolute Gasteiger partial charge is 0.392 e. The van der Waals surface area contributed by atoms with Crippen molar-refractivity contribution in [1.82, 2.24) is 4.31 Å². The molecule has 0 fully saturated rings. The quantitative estimate of drug-likeness (QED) is 0.779. The van der Waals surface area contributed by atoms with Crippen LogP contribution in [0.5, 0.6) is 0 Å². The van der Waals surface area contributed by atoms with E-state index in [4.69, 9.17) is 23.2 Å². The van der Waals surface area contributed by atoms with Crippen molar-refractivity contribution in [3.05, 3.63) is 53.1 Å². The number of sulfonamides is 1. The van der Waals surface area contributed by atoms with Gasteiger partial charge in [-0.25, -0.2) is 8.42 Å². The molecule has 110 valence electrons. The molecule has 1 aromatic rings. The molecule has 20 heavy (non-hydrogen) atoms. The van der Waals surface area contributed by atoms with E-state index in [1.165, 1.54) is 24.3 Å². The first-order chi connectivity index (χ1) is 9.38. The first kappa shape index (κ1) is 17.2. The number of nitrogens with zero attached hydrogens (tertiary/aromatic N) is 1. The molecule has 0 aliphatic rings. The second-order valence-corrected chi connectivity index (χ2v) is 6.66. The Morgan fingerprint density at radius 2 is 1.75 bits per heavy atom. The Kier molecular flexibility index (Phi) is 6.23. The van der Waals surface area contributed by atoms with Crippen molar-refractivity contribution < 1.29 is 13.5 Å². The molecule has 0 heterocycles. The normalized spacial score (nSPS) is 11.6. The van der Waals surface area contributed by atoms with Gasteiger partial charge in [0.05, 0.1) is 11.6 Å². The molecule has 0 radical (unpaired) electrons. The molecular formula is C13H15Cl2NO3S.